The van der Waals surface area contributed by atoms with Crippen molar-refractivity contribution in [3.8, 4) is 0 Å². The summed E-state index contributed by atoms with van der Waals surface area (Å²) in [4.78, 5) is 4.13. The Morgan fingerprint density at radius 2 is 0.957 bits per heavy atom. The first-order valence-electron chi connectivity index (χ1n) is 9.05. The van der Waals surface area contributed by atoms with Crippen LogP contribution in [0.5, 0.6) is 0 Å². The SMILES string of the molecule is CC(C)C(CCC(N)N(C)C)OC(CCC(N)N(C)C)C(C)C. The molecule has 0 bridgehead atoms. The maximum atomic E-state index is 6.49. The maximum absolute atomic E-state index is 6.49. The van der Waals surface area contributed by atoms with E-state index in [0.29, 0.717) is 11.8 Å². The lowest BCUT2D eigenvalue weighted by molar-refractivity contribution is -0.0681. The predicted molar refractivity (Wildman–Crippen MR) is 100 cm³/mol. The minimum atomic E-state index is 0.0968. The highest BCUT2D eigenvalue weighted by Crippen LogP contribution is 2.22. The van der Waals surface area contributed by atoms with Crippen LogP contribution in [0.25, 0.3) is 0 Å². The molecule has 0 aromatic rings. The molecule has 140 valence electrons. The molecule has 0 aromatic heterocycles. The van der Waals surface area contributed by atoms with E-state index < -0.39 is 0 Å². The van der Waals surface area contributed by atoms with Crippen molar-refractivity contribution in [2.75, 3.05) is 28.2 Å². The van der Waals surface area contributed by atoms with Crippen LogP contribution in [0, 0.1) is 11.8 Å². The molecular weight excluding hydrogens is 288 g/mol. The number of rotatable bonds is 12. The lowest BCUT2D eigenvalue weighted by Gasteiger charge is -2.32. The molecule has 0 spiro atoms. The number of ether oxygens (including phenoxy) is 1. The van der Waals surface area contributed by atoms with Crippen molar-refractivity contribution >= 4 is 0 Å². The van der Waals surface area contributed by atoms with Crippen LogP contribution in [0.15, 0.2) is 0 Å². The molecule has 4 atom stereocenters. The second kappa shape index (κ2) is 11.4. The Bertz CT molecular complexity index is 267. The van der Waals surface area contributed by atoms with Gasteiger partial charge in [-0.3, -0.25) is 9.80 Å². The normalized spacial score (nSPS) is 18.0. The molecule has 0 fully saturated rings. The molecule has 0 aromatic carbocycles. The van der Waals surface area contributed by atoms with Crippen molar-refractivity contribution in [3.63, 3.8) is 0 Å². The number of nitrogens with zero attached hydrogens (tertiary/aromatic N) is 2. The average Bonchev–Trinajstić information content (AvgIpc) is 2.44. The Balaban J connectivity index is 4.58. The van der Waals surface area contributed by atoms with Gasteiger partial charge in [-0.1, -0.05) is 27.7 Å². The van der Waals surface area contributed by atoms with Crippen LogP contribution >= 0.6 is 0 Å². The van der Waals surface area contributed by atoms with Crippen molar-refractivity contribution < 1.29 is 4.74 Å². The van der Waals surface area contributed by atoms with Crippen molar-refractivity contribution in [2.45, 2.75) is 77.9 Å². The number of nitrogens with two attached hydrogens (primary N) is 2. The molecule has 0 radical (unpaired) electrons. The summed E-state index contributed by atoms with van der Waals surface area (Å²) in [6.07, 6.45) is 4.61. The first-order chi connectivity index (χ1) is 10.6. The van der Waals surface area contributed by atoms with Gasteiger partial charge in [-0.15, -0.1) is 0 Å². The summed E-state index contributed by atoms with van der Waals surface area (Å²) in [5.41, 5.74) is 12.3. The smallest absolute Gasteiger partial charge is 0.0603 e. The Kier molecular flexibility index (Phi) is 11.3. The van der Waals surface area contributed by atoms with Crippen LogP contribution in [0.2, 0.25) is 0 Å². The molecule has 4 unspecified atom stereocenters. The topological polar surface area (TPSA) is 67.7 Å². The first kappa shape index (κ1) is 22.8. The summed E-state index contributed by atoms with van der Waals surface area (Å²) < 4.78 is 6.49. The van der Waals surface area contributed by atoms with E-state index in [2.05, 4.69) is 37.5 Å². The minimum absolute atomic E-state index is 0.0968. The highest BCUT2D eigenvalue weighted by atomic mass is 16.5. The lowest BCUT2D eigenvalue weighted by atomic mass is 9.97. The van der Waals surface area contributed by atoms with Gasteiger partial charge < -0.3 is 16.2 Å². The number of hydrogen-bond donors (Lipinski definition) is 2. The molecule has 0 heterocycles. The van der Waals surface area contributed by atoms with E-state index in [0.717, 1.165) is 25.7 Å². The zero-order valence-corrected chi connectivity index (χ0v) is 16.7. The summed E-state index contributed by atoms with van der Waals surface area (Å²) in [5.74, 6) is 0.987. The lowest BCUT2D eigenvalue weighted by Crippen LogP contribution is -2.39. The van der Waals surface area contributed by atoms with Gasteiger partial charge in [-0.25, -0.2) is 0 Å². The zero-order chi connectivity index (χ0) is 18.2. The summed E-state index contributed by atoms with van der Waals surface area (Å²) >= 11 is 0. The van der Waals surface area contributed by atoms with Crippen LogP contribution < -0.4 is 11.5 Å². The highest BCUT2D eigenvalue weighted by Gasteiger charge is 2.23. The van der Waals surface area contributed by atoms with Crippen molar-refractivity contribution in [2.24, 2.45) is 23.3 Å². The summed E-state index contributed by atoms with van der Waals surface area (Å²) in [6.45, 7) is 8.92. The zero-order valence-electron chi connectivity index (χ0n) is 16.7. The quantitative estimate of drug-likeness (QED) is 0.538. The molecular formula is C18H42N4O. The fourth-order valence-electron chi connectivity index (χ4n) is 2.53. The van der Waals surface area contributed by atoms with E-state index in [9.17, 15) is 0 Å². The Labute approximate surface area is 144 Å². The second-order valence-electron chi connectivity index (χ2n) is 7.92. The molecule has 5 nitrogen and oxygen atoms in total. The summed E-state index contributed by atoms with van der Waals surface area (Å²) in [7, 11) is 8.09. The summed E-state index contributed by atoms with van der Waals surface area (Å²) in [6, 6.07) is 0. The Morgan fingerprint density at radius 3 is 1.17 bits per heavy atom. The van der Waals surface area contributed by atoms with E-state index in [1.54, 1.807) is 0 Å². The van der Waals surface area contributed by atoms with E-state index >= 15 is 0 Å². The third-order valence-electron chi connectivity index (χ3n) is 4.66. The van der Waals surface area contributed by atoms with Gasteiger partial charge in [0, 0.05) is 0 Å². The molecule has 0 saturated carbocycles. The largest absolute Gasteiger partial charge is 0.374 e. The predicted octanol–water partition coefficient (Wildman–Crippen LogP) is 2.31. The van der Waals surface area contributed by atoms with E-state index in [1.165, 1.54) is 0 Å². The third-order valence-corrected chi connectivity index (χ3v) is 4.66. The molecule has 4 N–H and O–H groups in total. The van der Waals surface area contributed by atoms with Crippen molar-refractivity contribution in [1.82, 2.24) is 9.80 Å². The Morgan fingerprint density at radius 1 is 0.652 bits per heavy atom. The van der Waals surface area contributed by atoms with Gasteiger partial charge in [0.15, 0.2) is 0 Å². The summed E-state index contributed by atoms with van der Waals surface area (Å²) in [5, 5.41) is 0. The molecule has 23 heavy (non-hydrogen) atoms. The fourth-order valence-corrected chi connectivity index (χ4v) is 2.53. The van der Waals surface area contributed by atoms with Crippen LogP contribution in [0.4, 0.5) is 0 Å². The average molecular weight is 331 g/mol. The fraction of sp³-hybridized carbons (Fsp3) is 1.00. The first-order valence-corrected chi connectivity index (χ1v) is 9.05. The minimum Gasteiger partial charge on any atom is -0.374 e. The van der Waals surface area contributed by atoms with Gasteiger partial charge in [0.2, 0.25) is 0 Å². The van der Waals surface area contributed by atoms with Gasteiger partial charge >= 0.3 is 0 Å². The molecule has 0 amide bonds. The molecule has 5 heteroatoms. The van der Waals surface area contributed by atoms with Crippen LogP contribution in [0.1, 0.15) is 53.4 Å². The Hall–Kier alpha value is -0.200. The highest BCUT2D eigenvalue weighted by molar-refractivity contribution is 4.73. The van der Waals surface area contributed by atoms with E-state index in [1.807, 2.05) is 28.2 Å². The maximum Gasteiger partial charge on any atom is 0.0603 e. The van der Waals surface area contributed by atoms with Gasteiger partial charge in [0.05, 0.1) is 24.5 Å². The van der Waals surface area contributed by atoms with E-state index in [4.69, 9.17) is 16.2 Å². The molecule has 0 saturated heterocycles. The monoisotopic (exact) mass is 330 g/mol. The van der Waals surface area contributed by atoms with Crippen LogP contribution in [-0.4, -0.2) is 62.5 Å². The molecule has 0 aliphatic rings. The van der Waals surface area contributed by atoms with E-state index in [-0.39, 0.29) is 24.5 Å². The number of hydrogen-bond acceptors (Lipinski definition) is 5. The van der Waals surface area contributed by atoms with Crippen molar-refractivity contribution in [3.05, 3.63) is 0 Å². The van der Waals surface area contributed by atoms with Gasteiger partial charge in [0.1, 0.15) is 0 Å². The molecule has 0 rings (SSSR count). The van der Waals surface area contributed by atoms with Gasteiger partial charge in [-0.2, -0.15) is 0 Å². The molecule has 0 aliphatic carbocycles. The third kappa shape index (κ3) is 9.62. The van der Waals surface area contributed by atoms with Crippen LogP contribution in [-0.2, 0) is 4.74 Å². The van der Waals surface area contributed by atoms with Gasteiger partial charge in [-0.05, 0) is 65.7 Å². The second-order valence-corrected chi connectivity index (χ2v) is 7.92. The standard InChI is InChI=1S/C18H42N4O/c1-13(2)15(9-11-17(19)21(5)6)23-16(14(3)4)10-12-18(20)22(7)8/h13-18H,9-12,19-20H2,1-8H3. The van der Waals surface area contributed by atoms with Crippen molar-refractivity contribution in [1.29, 1.82) is 0 Å². The van der Waals surface area contributed by atoms with Gasteiger partial charge in [0.25, 0.3) is 0 Å². The molecule has 0 aliphatic heterocycles. The van der Waals surface area contributed by atoms with Crippen LogP contribution in [0.3, 0.4) is 0 Å².